The number of amides is 1. The van der Waals surface area contributed by atoms with Gasteiger partial charge >= 0.3 is 0 Å². The van der Waals surface area contributed by atoms with Crippen LogP contribution in [0.2, 0.25) is 0 Å². The van der Waals surface area contributed by atoms with Gasteiger partial charge in [-0.25, -0.2) is 17.9 Å². The first-order valence-electron chi connectivity index (χ1n) is 8.36. The van der Waals surface area contributed by atoms with Crippen LogP contribution in [0.4, 0.5) is 13.2 Å². The first-order chi connectivity index (χ1) is 12.8. The molecule has 2 aromatic carbocycles. The van der Waals surface area contributed by atoms with Gasteiger partial charge in [0.25, 0.3) is 5.91 Å². The van der Waals surface area contributed by atoms with E-state index in [2.05, 4.69) is 10.4 Å². The lowest BCUT2D eigenvalue weighted by Gasteiger charge is -2.15. The number of carbonyl (C=O) groups is 1. The topological polar surface area (TPSA) is 46.9 Å². The Morgan fingerprint density at radius 3 is 2.30 bits per heavy atom. The summed E-state index contributed by atoms with van der Waals surface area (Å²) >= 11 is 0. The minimum Gasteiger partial charge on any atom is -0.345 e. The van der Waals surface area contributed by atoms with Crippen molar-refractivity contribution in [2.24, 2.45) is 0 Å². The van der Waals surface area contributed by atoms with Gasteiger partial charge in [-0.1, -0.05) is 6.07 Å². The second-order valence-electron chi connectivity index (χ2n) is 6.30. The maximum Gasteiger partial charge on any atom is 0.255 e. The SMILES string of the molecule is Cc1nn(-c2ccc(F)cc2)c(C)c1C(=O)NC(C)c1ccc(F)cc1F. The van der Waals surface area contributed by atoms with Crippen molar-refractivity contribution in [3.63, 3.8) is 0 Å². The van der Waals surface area contributed by atoms with Crippen LogP contribution in [0.5, 0.6) is 0 Å². The summed E-state index contributed by atoms with van der Waals surface area (Å²) in [5.74, 6) is -2.19. The fraction of sp³-hybridized carbons (Fsp3) is 0.200. The molecular weight excluding hydrogens is 355 g/mol. The van der Waals surface area contributed by atoms with Gasteiger partial charge in [-0.3, -0.25) is 4.79 Å². The van der Waals surface area contributed by atoms with E-state index in [1.54, 1.807) is 37.6 Å². The number of aryl methyl sites for hydroxylation is 1. The van der Waals surface area contributed by atoms with E-state index in [1.807, 2.05) is 0 Å². The third-order valence-corrected chi connectivity index (χ3v) is 4.37. The average molecular weight is 373 g/mol. The molecule has 0 bridgehead atoms. The summed E-state index contributed by atoms with van der Waals surface area (Å²) in [5.41, 5.74) is 2.22. The van der Waals surface area contributed by atoms with Crippen LogP contribution in [0.1, 0.15) is 40.3 Å². The summed E-state index contributed by atoms with van der Waals surface area (Å²) in [4.78, 5) is 12.7. The number of aromatic nitrogens is 2. The predicted molar refractivity (Wildman–Crippen MR) is 95.2 cm³/mol. The van der Waals surface area contributed by atoms with Crippen molar-refractivity contribution in [3.05, 3.63) is 82.4 Å². The number of nitrogens with one attached hydrogen (secondary N) is 1. The van der Waals surface area contributed by atoms with E-state index in [-0.39, 0.29) is 11.4 Å². The smallest absolute Gasteiger partial charge is 0.255 e. The molecular formula is C20H18F3N3O. The molecule has 27 heavy (non-hydrogen) atoms. The average Bonchev–Trinajstić information content (AvgIpc) is 2.90. The number of halogens is 3. The third kappa shape index (κ3) is 3.72. The van der Waals surface area contributed by atoms with Crippen molar-refractivity contribution in [1.82, 2.24) is 15.1 Å². The van der Waals surface area contributed by atoms with Gasteiger partial charge in [-0.2, -0.15) is 5.10 Å². The van der Waals surface area contributed by atoms with E-state index in [0.29, 0.717) is 22.6 Å². The van der Waals surface area contributed by atoms with E-state index in [0.717, 1.165) is 12.1 Å². The highest BCUT2D eigenvalue weighted by Crippen LogP contribution is 2.21. The first-order valence-corrected chi connectivity index (χ1v) is 8.36. The summed E-state index contributed by atoms with van der Waals surface area (Å²) in [6.45, 7) is 5.02. The fourth-order valence-electron chi connectivity index (χ4n) is 3.00. The van der Waals surface area contributed by atoms with Crippen LogP contribution in [-0.4, -0.2) is 15.7 Å². The zero-order chi connectivity index (χ0) is 19.7. The zero-order valence-electron chi connectivity index (χ0n) is 15.1. The quantitative estimate of drug-likeness (QED) is 0.737. The van der Waals surface area contributed by atoms with Crippen molar-refractivity contribution in [1.29, 1.82) is 0 Å². The van der Waals surface area contributed by atoms with Gasteiger partial charge in [-0.15, -0.1) is 0 Å². The van der Waals surface area contributed by atoms with Crippen LogP contribution in [-0.2, 0) is 0 Å². The van der Waals surface area contributed by atoms with E-state index in [4.69, 9.17) is 0 Å². The molecule has 1 amide bonds. The maximum absolute atomic E-state index is 13.9. The summed E-state index contributed by atoms with van der Waals surface area (Å²) in [6, 6.07) is 8.31. The predicted octanol–water partition coefficient (Wildman–Crippen LogP) is 4.40. The van der Waals surface area contributed by atoms with Crippen molar-refractivity contribution in [2.75, 3.05) is 0 Å². The molecule has 0 aliphatic carbocycles. The first kappa shape index (κ1) is 18.7. The number of carbonyl (C=O) groups excluding carboxylic acids is 1. The van der Waals surface area contributed by atoms with E-state index >= 15 is 0 Å². The molecule has 4 nitrogen and oxygen atoms in total. The molecule has 1 heterocycles. The lowest BCUT2D eigenvalue weighted by atomic mass is 10.1. The zero-order valence-corrected chi connectivity index (χ0v) is 15.1. The molecule has 1 unspecified atom stereocenters. The van der Waals surface area contributed by atoms with E-state index in [1.165, 1.54) is 18.2 Å². The van der Waals surface area contributed by atoms with Gasteiger partial charge in [0.15, 0.2) is 0 Å². The minimum absolute atomic E-state index is 0.186. The molecule has 0 saturated heterocycles. The van der Waals surface area contributed by atoms with Crippen LogP contribution in [0.25, 0.3) is 5.69 Å². The van der Waals surface area contributed by atoms with Gasteiger partial charge in [0.2, 0.25) is 0 Å². The Morgan fingerprint density at radius 1 is 1.04 bits per heavy atom. The molecule has 1 N–H and O–H groups in total. The molecule has 0 aliphatic heterocycles. The van der Waals surface area contributed by atoms with Crippen LogP contribution >= 0.6 is 0 Å². The Bertz CT molecular complexity index is 996. The van der Waals surface area contributed by atoms with Crippen molar-refractivity contribution >= 4 is 5.91 Å². The van der Waals surface area contributed by atoms with Crippen molar-refractivity contribution in [3.8, 4) is 5.69 Å². The summed E-state index contributed by atoms with van der Waals surface area (Å²) in [7, 11) is 0. The number of rotatable bonds is 4. The van der Waals surface area contributed by atoms with E-state index < -0.39 is 23.6 Å². The monoisotopic (exact) mass is 373 g/mol. The van der Waals surface area contributed by atoms with Crippen LogP contribution < -0.4 is 5.32 Å². The van der Waals surface area contributed by atoms with E-state index in [9.17, 15) is 18.0 Å². The fourth-order valence-corrected chi connectivity index (χ4v) is 3.00. The van der Waals surface area contributed by atoms with Gasteiger partial charge < -0.3 is 5.32 Å². The molecule has 140 valence electrons. The van der Waals surface area contributed by atoms with Gasteiger partial charge in [0.1, 0.15) is 17.5 Å². The third-order valence-electron chi connectivity index (χ3n) is 4.37. The molecule has 0 radical (unpaired) electrons. The molecule has 0 aliphatic rings. The summed E-state index contributed by atoms with van der Waals surface area (Å²) in [5, 5.41) is 7.06. The summed E-state index contributed by atoms with van der Waals surface area (Å²) in [6.07, 6.45) is 0. The lowest BCUT2D eigenvalue weighted by Crippen LogP contribution is -2.28. The van der Waals surface area contributed by atoms with Crippen LogP contribution in [0.15, 0.2) is 42.5 Å². The molecule has 0 saturated carbocycles. The Kier molecular flexibility index (Phi) is 5.03. The molecule has 3 aromatic rings. The Labute approximate surface area is 154 Å². The van der Waals surface area contributed by atoms with Crippen molar-refractivity contribution < 1.29 is 18.0 Å². The van der Waals surface area contributed by atoms with Crippen molar-refractivity contribution in [2.45, 2.75) is 26.8 Å². The second-order valence-corrected chi connectivity index (χ2v) is 6.30. The minimum atomic E-state index is -0.724. The molecule has 1 atom stereocenters. The molecule has 0 fully saturated rings. The number of hydrogen-bond acceptors (Lipinski definition) is 2. The van der Waals surface area contributed by atoms with Gasteiger partial charge in [0.05, 0.1) is 28.7 Å². The number of hydrogen-bond donors (Lipinski definition) is 1. The highest BCUT2D eigenvalue weighted by molar-refractivity contribution is 5.96. The van der Waals surface area contributed by atoms with Gasteiger partial charge in [-0.05, 0) is 51.1 Å². The van der Waals surface area contributed by atoms with Crippen LogP contribution in [0, 0.1) is 31.3 Å². The standard InChI is InChI=1S/C20H18F3N3O/c1-11(17-9-6-15(22)10-18(17)23)24-20(27)19-12(2)25-26(13(19)3)16-7-4-14(21)5-8-16/h4-11H,1-3H3,(H,24,27). The maximum atomic E-state index is 13.9. The van der Waals surface area contributed by atoms with Gasteiger partial charge in [0, 0.05) is 11.6 Å². The Morgan fingerprint density at radius 2 is 1.67 bits per heavy atom. The highest BCUT2D eigenvalue weighted by Gasteiger charge is 2.22. The Balaban J connectivity index is 1.87. The number of benzene rings is 2. The highest BCUT2D eigenvalue weighted by atomic mass is 19.1. The largest absolute Gasteiger partial charge is 0.345 e. The lowest BCUT2D eigenvalue weighted by molar-refractivity contribution is 0.0938. The second kappa shape index (κ2) is 7.26. The molecule has 3 rings (SSSR count). The molecule has 0 spiro atoms. The van der Waals surface area contributed by atoms with Crippen LogP contribution in [0.3, 0.4) is 0 Å². The summed E-state index contributed by atoms with van der Waals surface area (Å²) < 4.78 is 41.7. The normalized spacial score (nSPS) is 12.1. The molecule has 7 heteroatoms. The number of nitrogens with zero attached hydrogens (tertiary/aromatic N) is 2. The Hall–Kier alpha value is -3.09. The molecule has 1 aromatic heterocycles.